The van der Waals surface area contributed by atoms with Crippen LogP contribution in [0.4, 0.5) is 5.69 Å². The van der Waals surface area contributed by atoms with Crippen molar-refractivity contribution in [2.75, 3.05) is 11.9 Å². The Bertz CT molecular complexity index is 532. The molecule has 1 fully saturated rings. The van der Waals surface area contributed by atoms with Gasteiger partial charge in [-0.1, -0.05) is 36.4 Å². The second-order valence-electron chi connectivity index (χ2n) is 5.07. The Morgan fingerprint density at radius 3 is 2.83 bits per heavy atom. The van der Waals surface area contributed by atoms with E-state index in [1.54, 1.807) is 0 Å². The maximum absolute atomic E-state index is 5.59. The van der Waals surface area contributed by atoms with Crippen molar-refractivity contribution in [1.82, 2.24) is 0 Å². The third-order valence-electron chi connectivity index (χ3n) is 3.63. The Balaban J connectivity index is 1.86. The monoisotopic (exact) mass is 241 g/mol. The molecule has 0 aromatic heterocycles. The van der Waals surface area contributed by atoms with E-state index in [2.05, 4.69) is 54.7 Å². The van der Waals surface area contributed by atoms with Crippen LogP contribution in [0.15, 0.2) is 42.5 Å². The molecular weight excluding hydrogens is 222 g/mol. The standard InChI is InChI=1S/C16H19NO/c1-12-11-14(9-10-18-12)17-16-8-4-6-13-5-2-3-7-15(13)16/h2-8,12,14,17H,9-11H2,1H3. The van der Waals surface area contributed by atoms with E-state index in [0.29, 0.717) is 12.1 Å². The topological polar surface area (TPSA) is 21.3 Å². The van der Waals surface area contributed by atoms with E-state index in [-0.39, 0.29) is 0 Å². The van der Waals surface area contributed by atoms with Crippen LogP contribution in [0.3, 0.4) is 0 Å². The van der Waals surface area contributed by atoms with Crippen LogP contribution in [0.1, 0.15) is 19.8 Å². The quantitative estimate of drug-likeness (QED) is 0.863. The number of ether oxygens (including phenoxy) is 1. The molecule has 2 unspecified atom stereocenters. The molecular formula is C16H19NO. The molecule has 0 amide bonds. The number of anilines is 1. The van der Waals surface area contributed by atoms with E-state index in [0.717, 1.165) is 19.4 Å². The Morgan fingerprint density at radius 2 is 1.94 bits per heavy atom. The Hall–Kier alpha value is -1.54. The van der Waals surface area contributed by atoms with Crippen molar-refractivity contribution in [2.45, 2.75) is 31.9 Å². The molecule has 18 heavy (non-hydrogen) atoms. The largest absolute Gasteiger partial charge is 0.382 e. The summed E-state index contributed by atoms with van der Waals surface area (Å²) in [6.45, 7) is 3.01. The van der Waals surface area contributed by atoms with E-state index in [4.69, 9.17) is 4.74 Å². The lowest BCUT2D eigenvalue weighted by Gasteiger charge is -2.29. The lowest BCUT2D eigenvalue weighted by Crippen LogP contribution is -2.32. The minimum Gasteiger partial charge on any atom is -0.382 e. The van der Waals surface area contributed by atoms with Crippen LogP contribution in [-0.2, 0) is 4.74 Å². The van der Waals surface area contributed by atoms with E-state index in [1.807, 2.05) is 0 Å². The maximum Gasteiger partial charge on any atom is 0.0566 e. The summed E-state index contributed by atoms with van der Waals surface area (Å²) >= 11 is 0. The molecule has 2 aromatic rings. The van der Waals surface area contributed by atoms with Gasteiger partial charge in [-0.25, -0.2) is 0 Å². The van der Waals surface area contributed by atoms with Crippen molar-refractivity contribution in [1.29, 1.82) is 0 Å². The average Bonchev–Trinajstić information content (AvgIpc) is 2.39. The van der Waals surface area contributed by atoms with E-state index in [1.165, 1.54) is 16.5 Å². The lowest BCUT2D eigenvalue weighted by molar-refractivity contribution is 0.0232. The average molecular weight is 241 g/mol. The summed E-state index contributed by atoms with van der Waals surface area (Å²) in [4.78, 5) is 0. The predicted molar refractivity (Wildman–Crippen MR) is 76.0 cm³/mol. The molecule has 2 aromatic carbocycles. The number of benzene rings is 2. The predicted octanol–water partition coefficient (Wildman–Crippen LogP) is 3.82. The van der Waals surface area contributed by atoms with Crippen LogP contribution in [0, 0.1) is 0 Å². The highest BCUT2D eigenvalue weighted by atomic mass is 16.5. The van der Waals surface area contributed by atoms with E-state index < -0.39 is 0 Å². The van der Waals surface area contributed by atoms with Crippen molar-refractivity contribution in [2.24, 2.45) is 0 Å². The molecule has 1 aliphatic rings. The normalized spacial score (nSPS) is 24.1. The van der Waals surface area contributed by atoms with Gasteiger partial charge in [-0.2, -0.15) is 0 Å². The first kappa shape index (κ1) is 11.5. The zero-order chi connectivity index (χ0) is 12.4. The maximum atomic E-state index is 5.59. The van der Waals surface area contributed by atoms with Crippen LogP contribution in [0.25, 0.3) is 10.8 Å². The number of hydrogen-bond donors (Lipinski definition) is 1. The fraction of sp³-hybridized carbons (Fsp3) is 0.375. The smallest absolute Gasteiger partial charge is 0.0566 e. The first-order valence-electron chi connectivity index (χ1n) is 6.69. The number of nitrogens with one attached hydrogen (secondary N) is 1. The third kappa shape index (κ3) is 2.34. The van der Waals surface area contributed by atoms with Gasteiger partial charge in [0.25, 0.3) is 0 Å². The van der Waals surface area contributed by atoms with Gasteiger partial charge in [-0.3, -0.25) is 0 Å². The number of rotatable bonds is 2. The van der Waals surface area contributed by atoms with Crippen LogP contribution < -0.4 is 5.32 Å². The first-order chi connectivity index (χ1) is 8.83. The summed E-state index contributed by atoms with van der Waals surface area (Å²) in [5, 5.41) is 6.27. The molecule has 2 nitrogen and oxygen atoms in total. The summed E-state index contributed by atoms with van der Waals surface area (Å²) in [7, 11) is 0. The van der Waals surface area contributed by atoms with Gasteiger partial charge in [0.05, 0.1) is 6.10 Å². The van der Waals surface area contributed by atoms with Crippen molar-refractivity contribution >= 4 is 16.5 Å². The number of hydrogen-bond acceptors (Lipinski definition) is 2. The molecule has 3 rings (SSSR count). The fourth-order valence-corrected chi connectivity index (χ4v) is 2.70. The fourth-order valence-electron chi connectivity index (χ4n) is 2.70. The molecule has 94 valence electrons. The second kappa shape index (κ2) is 4.99. The van der Waals surface area contributed by atoms with Crippen molar-refractivity contribution in [3.05, 3.63) is 42.5 Å². The minimum absolute atomic E-state index is 0.367. The molecule has 0 aliphatic carbocycles. The minimum atomic E-state index is 0.367. The van der Waals surface area contributed by atoms with Crippen LogP contribution in [-0.4, -0.2) is 18.8 Å². The van der Waals surface area contributed by atoms with Crippen LogP contribution >= 0.6 is 0 Å². The highest BCUT2D eigenvalue weighted by molar-refractivity contribution is 5.93. The van der Waals surface area contributed by atoms with Gasteiger partial charge in [-0.05, 0) is 31.2 Å². The zero-order valence-electron chi connectivity index (χ0n) is 10.7. The Morgan fingerprint density at radius 1 is 1.11 bits per heavy atom. The molecule has 0 radical (unpaired) electrons. The van der Waals surface area contributed by atoms with Gasteiger partial charge in [0.1, 0.15) is 0 Å². The van der Waals surface area contributed by atoms with Gasteiger partial charge in [-0.15, -0.1) is 0 Å². The summed E-state index contributed by atoms with van der Waals surface area (Å²) in [6.07, 6.45) is 2.54. The molecule has 0 bridgehead atoms. The van der Waals surface area contributed by atoms with Gasteiger partial charge < -0.3 is 10.1 Å². The Kier molecular flexibility index (Phi) is 3.20. The SMILES string of the molecule is CC1CC(Nc2cccc3ccccc23)CCO1. The molecule has 0 saturated carbocycles. The highest BCUT2D eigenvalue weighted by Gasteiger charge is 2.19. The molecule has 2 heteroatoms. The van der Waals surface area contributed by atoms with E-state index >= 15 is 0 Å². The molecule has 2 atom stereocenters. The van der Waals surface area contributed by atoms with Crippen LogP contribution in [0.5, 0.6) is 0 Å². The van der Waals surface area contributed by atoms with Crippen molar-refractivity contribution in [3.63, 3.8) is 0 Å². The van der Waals surface area contributed by atoms with Gasteiger partial charge >= 0.3 is 0 Å². The molecule has 1 saturated heterocycles. The van der Waals surface area contributed by atoms with Gasteiger partial charge in [0.2, 0.25) is 0 Å². The summed E-state index contributed by atoms with van der Waals surface area (Å²) in [5.74, 6) is 0. The third-order valence-corrected chi connectivity index (χ3v) is 3.63. The van der Waals surface area contributed by atoms with Crippen LogP contribution in [0.2, 0.25) is 0 Å². The van der Waals surface area contributed by atoms with Gasteiger partial charge in [0, 0.05) is 23.7 Å². The molecule has 1 heterocycles. The van der Waals surface area contributed by atoms with E-state index in [9.17, 15) is 0 Å². The molecule has 0 spiro atoms. The summed E-state index contributed by atoms with van der Waals surface area (Å²) in [6, 6.07) is 15.5. The molecule has 1 N–H and O–H groups in total. The zero-order valence-corrected chi connectivity index (χ0v) is 10.7. The summed E-state index contributed by atoms with van der Waals surface area (Å²) in [5.41, 5.74) is 1.24. The lowest BCUT2D eigenvalue weighted by atomic mass is 10.0. The second-order valence-corrected chi connectivity index (χ2v) is 5.07. The Labute approximate surface area is 108 Å². The van der Waals surface area contributed by atoms with Crippen molar-refractivity contribution in [3.8, 4) is 0 Å². The first-order valence-corrected chi connectivity index (χ1v) is 6.69. The highest BCUT2D eigenvalue weighted by Crippen LogP contribution is 2.26. The number of fused-ring (bicyclic) bond motifs is 1. The van der Waals surface area contributed by atoms with Gasteiger partial charge in [0.15, 0.2) is 0 Å². The summed E-state index contributed by atoms with van der Waals surface area (Å²) < 4.78 is 5.59. The van der Waals surface area contributed by atoms with Crippen molar-refractivity contribution < 1.29 is 4.74 Å². The molecule has 1 aliphatic heterocycles.